The lowest BCUT2D eigenvalue weighted by Crippen LogP contribution is -2.62. The van der Waals surface area contributed by atoms with Crippen molar-refractivity contribution in [1.29, 1.82) is 0 Å². The Morgan fingerprint density at radius 3 is 2.36 bits per heavy atom. The van der Waals surface area contributed by atoms with Crippen molar-refractivity contribution >= 4 is 36.2 Å². The summed E-state index contributed by atoms with van der Waals surface area (Å²) in [6, 6.07) is 0. The van der Waals surface area contributed by atoms with Crippen LogP contribution in [0.4, 0.5) is 0 Å². The van der Waals surface area contributed by atoms with Crippen molar-refractivity contribution in [3.05, 3.63) is 0 Å². The van der Waals surface area contributed by atoms with E-state index in [1.165, 1.54) is 0 Å². The monoisotopic (exact) mass is 630 g/mol. The number of halogens is 1. The minimum Gasteiger partial charge on any atom is -0.462 e. The number of fused-ring (bicyclic) bond motifs is 1. The zero-order valence-corrected chi connectivity index (χ0v) is 28.7. The lowest BCUT2D eigenvalue weighted by atomic mass is 9.56. The number of aliphatic hydroxyl groups excluding tert-OH is 1. The van der Waals surface area contributed by atoms with E-state index in [2.05, 4.69) is 63.6 Å². The molecule has 1 aliphatic heterocycles. The summed E-state index contributed by atoms with van der Waals surface area (Å²) in [5, 5.41) is 11.5. The Bertz CT molecular complexity index is 885. The first kappa shape index (κ1) is 33.1. The number of hydrogen-bond acceptors (Lipinski definition) is 6. The van der Waals surface area contributed by atoms with Gasteiger partial charge in [-0.2, -0.15) is 0 Å². The Labute approximate surface area is 246 Å². The summed E-state index contributed by atoms with van der Waals surface area (Å²) in [6.45, 7) is 21.4. The molecule has 0 aromatic carbocycles. The lowest BCUT2D eigenvalue weighted by molar-refractivity contribution is -0.178. The third kappa shape index (κ3) is 7.14. The first-order valence-corrected chi connectivity index (χ1v) is 19.0. The van der Waals surface area contributed by atoms with Gasteiger partial charge in [0, 0.05) is 12.3 Å². The normalized spacial score (nSPS) is 38.1. The van der Waals surface area contributed by atoms with Crippen molar-refractivity contribution in [2.45, 2.75) is 154 Å². The van der Waals surface area contributed by atoms with E-state index in [9.17, 15) is 14.7 Å². The fourth-order valence-electron chi connectivity index (χ4n) is 6.69. The molecule has 226 valence electrons. The molecule has 9 atom stereocenters. The summed E-state index contributed by atoms with van der Waals surface area (Å²) in [6.07, 6.45) is 4.87. The van der Waals surface area contributed by atoms with E-state index in [0.29, 0.717) is 25.2 Å². The van der Waals surface area contributed by atoms with Crippen LogP contribution in [-0.2, 0) is 23.5 Å². The zero-order valence-electron chi connectivity index (χ0n) is 26.1. The Morgan fingerprint density at radius 1 is 1.13 bits per heavy atom. The number of alkyl halides is 1. The Balaban J connectivity index is 1.79. The van der Waals surface area contributed by atoms with E-state index in [1.807, 2.05) is 20.8 Å². The summed E-state index contributed by atoms with van der Waals surface area (Å²) in [5.74, 6) is 0.366. The van der Waals surface area contributed by atoms with Gasteiger partial charge in [0.15, 0.2) is 8.32 Å². The van der Waals surface area contributed by atoms with Crippen LogP contribution >= 0.6 is 15.9 Å². The van der Waals surface area contributed by atoms with E-state index < -0.39 is 24.2 Å². The number of cyclic esters (lactones) is 1. The maximum Gasteiger partial charge on any atom is 0.311 e. The Morgan fingerprint density at radius 2 is 1.77 bits per heavy atom. The van der Waals surface area contributed by atoms with Crippen LogP contribution in [0.25, 0.3) is 0 Å². The molecule has 0 amide bonds. The van der Waals surface area contributed by atoms with Crippen LogP contribution in [-0.4, -0.2) is 54.1 Å². The third-order valence-electron chi connectivity index (χ3n) is 10.8. The van der Waals surface area contributed by atoms with Gasteiger partial charge < -0.3 is 19.0 Å². The van der Waals surface area contributed by atoms with Crippen LogP contribution in [0.2, 0.25) is 18.1 Å². The Kier molecular flexibility index (Phi) is 10.2. The first-order valence-electron chi connectivity index (χ1n) is 15.3. The van der Waals surface area contributed by atoms with Crippen LogP contribution < -0.4 is 0 Å². The molecule has 0 aromatic rings. The number of ether oxygens (including phenoxy) is 2. The fourth-order valence-corrected chi connectivity index (χ4v) is 9.37. The SMILES string of the molecule is CCC(C)(C)C(=O)O[C@H]1C[C@@H](C)[C@H](O)[C@]2(Br)CC[C@H](C)[C@H](CC[C@@H]3C[C@@H](O[Si](C)(C)C(C)(C)C)CC(=O)O3)[C@H]12. The average molecular weight is 632 g/mol. The molecule has 1 saturated heterocycles. The van der Waals surface area contributed by atoms with Crippen molar-refractivity contribution in [2.24, 2.45) is 29.1 Å². The molecule has 6 nitrogen and oxygen atoms in total. The average Bonchev–Trinajstić information content (AvgIpc) is 2.81. The van der Waals surface area contributed by atoms with Crippen LogP contribution in [0.5, 0.6) is 0 Å². The zero-order chi connectivity index (χ0) is 29.6. The third-order valence-corrected chi connectivity index (χ3v) is 16.7. The predicted molar refractivity (Wildman–Crippen MR) is 161 cm³/mol. The number of esters is 2. The second kappa shape index (κ2) is 12.0. The van der Waals surface area contributed by atoms with Gasteiger partial charge >= 0.3 is 11.9 Å². The van der Waals surface area contributed by atoms with Crippen molar-refractivity contribution in [1.82, 2.24) is 0 Å². The molecule has 3 fully saturated rings. The molecule has 0 radical (unpaired) electrons. The molecule has 0 spiro atoms. The lowest BCUT2D eigenvalue weighted by Gasteiger charge is -2.57. The molecule has 0 bridgehead atoms. The molecule has 0 unspecified atom stereocenters. The minimum absolute atomic E-state index is 0.00243. The standard InChI is InChI=1S/C31H55BrO6Si/c1-11-30(7,8)28(35)37-24-16-20(3)27(34)31(32)15-14-19(2)23(26(24)31)13-12-21-17-22(18-25(33)36-21)38-39(9,10)29(4,5)6/h19-24,26-27,34H,11-18H2,1-10H3/t19-,20+,21+,22+,23-,24-,26+,27-,31-/m0/s1. The van der Waals surface area contributed by atoms with Crippen LogP contribution in [0.1, 0.15) is 107 Å². The first-order chi connectivity index (χ1) is 17.8. The topological polar surface area (TPSA) is 82.1 Å². The van der Waals surface area contributed by atoms with Crippen LogP contribution in [0.3, 0.4) is 0 Å². The Hall–Kier alpha value is -0.443. The maximum atomic E-state index is 13.2. The van der Waals surface area contributed by atoms with Gasteiger partial charge in [0.2, 0.25) is 0 Å². The smallest absolute Gasteiger partial charge is 0.311 e. The number of rotatable bonds is 8. The summed E-state index contributed by atoms with van der Waals surface area (Å²) in [4.78, 5) is 25.8. The van der Waals surface area contributed by atoms with Crippen molar-refractivity contribution in [2.75, 3.05) is 0 Å². The number of carbonyl (C=O) groups is 2. The van der Waals surface area contributed by atoms with E-state index in [4.69, 9.17) is 13.9 Å². The van der Waals surface area contributed by atoms with E-state index in [1.54, 1.807) is 0 Å². The number of aliphatic hydroxyl groups is 1. The number of carbonyl (C=O) groups excluding carboxylic acids is 2. The molecule has 2 aliphatic carbocycles. The minimum atomic E-state index is -2.00. The van der Waals surface area contributed by atoms with Crippen molar-refractivity contribution in [3.8, 4) is 0 Å². The van der Waals surface area contributed by atoms with Gasteiger partial charge in [0.25, 0.3) is 0 Å². The summed E-state index contributed by atoms with van der Waals surface area (Å²) in [5.41, 5.74) is -0.542. The van der Waals surface area contributed by atoms with Gasteiger partial charge in [-0.25, -0.2) is 0 Å². The molecule has 8 heteroatoms. The van der Waals surface area contributed by atoms with Crippen LogP contribution in [0, 0.1) is 29.1 Å². The van der Waals surface area contributed by atoms with E-state index in [0.717, 1.165) is 32.1 Å². The van der Waals surface area contributed by atoms with Gasteiger partial charge in [-0.1, -0.05) is 57.5 Å². The molecule has 2 saturated carbocycles. The molecule has 0 aromatic heterocycles. The van der Waals surface area contributed by atoms with Gasteiger partial charge in [-0.05, 0) is 88.3 Å². The molecule has 1 heterocycles. The quantitative estimate of drug-likeness (QED) is 0.171. The molecule has 39 heavy (non-hydrogen) atoms. The second-order valence-corrected chi connectivity index (χ2v) is 21.3. The van der Waals surface area contributed by atoms with E-state index in [-0.39, 0.29) is 53.0 Å². The highest BCUT2D eigenvalue weighted by Crippen LogP contribution is 2.57. The summed E-state index contributed by atoms with van der Waals surface area (Å²) in [7, 11) is -2.00. The summed E-state index contributed by atoms with van der Waals surface area (Å²) < 4.78 is 18.3. The summed E-state index contributed by atoms with van der Waals surface area (Å²) >= 11 is 4.04. The highest BCUT2D eigenvalue weighted by molar-refractivity contribution is 9.10. The molecular formula is C31H55BrO6Si. The van der Waals surface area contributed by atoms with Crippen molar-refractivity contribution in [3.63, 3.8) is 0 Å². The van der Waals surface area contributed by atoms with Gasteiger partial charge in [0.1, 0.15) is 12.2 Å². The predicted octanol–water partition coefficient (Wildman–Crippen LogP) is 7.41. The fraction of sp³-hybridized carbons (Fsp3) is 0.935. The molecule has 1 N–H and O–H groups in total. The maximum absolute atomic E-state index is 13.2. The van der Waals surface area contributed by atoms with Crippen molar-refractivity contribution < 1.29 is 28.6 Å². The van der Waals surface area contributed by atoms with Gasteiger partial charge in [0.05, 0.1) is 28.4 Å². The molecular weight excluding hydrogens is 576 g/mol. The largest absolute Gasteiger partial charge is 0.462 e. The highest BCUT2D eigenvalue weighted by atomic mass is 79.9. The van der Waals surface area contributed by atoms with Crippen LogP contribution in [0.15, 0.2) is 0 Å². The van der Waals surface area contributed by atoms with E-state index >= 15 is 0 Å². The highest BCUT2D eigenvalue weighted by Gasteiger charge is 2.59. The van der Waals surface area contributed by atoms with Gasteiger partial charge in [-0.3, -0.25) is 9.59 Å². The second-order valence-electron chi connectivity index (χ2n) is 15.1. The molecule has 3 rings (SSSR count). The van der Waals surface area contributed by atoms with Gasteiger partial charge in [-0.15, -0.1) is 0 Å². The number of hydrogen-bond donors (Lipinski definition) is 1. The molecule has 3 aliphatic rings.